The van der Waals surface area contributed by atoms with Crippen molar-refractivity contribution in [3.63, 3.8) is 0 Å². The largest absolute Gasteiger partial charge is 0.155 e. The summed E-state index contributed by atoms with van der Waals surface area (Å²) in [4.78, 5) is 0. The first kappa shape index (κ1) is 7.25. The van der Waals surface area contributed by atoms with Gasteiger partial charge in [0.25, 0.3) is 0 Å². The second-order valence-corrected chi connectivity index (χ2v) is 4.03. The first-order valence-electron chi connectivity index (χ1n) is 4.79. The Hall–Kier alpha value is -1.18. The lowest BCUT2D eigenvalue weighted by Gasteiger charge is -2.13. The number of aryl methyl sites for hydroxylation is 2. The van der Waals surface area contributed by atoms with Gasteiger partial charge >= 0.3 is 0 Å². The van der Waals surface area contributed by atoms with Crippen LogP contribution in [0.1, 0.15) is 40.8 Å². The lowest BCUT2D eigenvalue weighted by atomic mass is 9.95. The quantitative estimate of drug-likeness (QED) is 0.561. The normalized spacial score (nSPS) is 28.2. The molecule has 2 bridgehead atoms. The molecule has 0 aromatic carbocycles. The molecule has 0 saturated heterocycles. The molecule has 0 spiro atoms. The molecule has 1 aromatic rings. The first-order valence-corrected chi connectivity index (χ1v) is 4.79. The molecule has 66 valence electrons. The van der Waals surface area contributed by atoms with Crippen LogP contribution in [0.2, 0.25) is 0 Å². The van der Waals surface area contributed by atoms with Gasteiger partial charge in [0.1, 0.15) is 0 Å². The highest BCUT2D eigenvalue weighted by Crippen LogP contribution is 2.49. The predicted octanol–water partition coefficient (Wildman–Crippen LogP) is 2.23. The van der Waals surface area contributed by atoms with Crippen LogP contribution < -0.4 is 0 Å². The zero-order valence-electron chi connectivity index (χ0n) is 7.91. The molecule has 13 heavy (non-hydrogen) atoms. The average Bonchev–Trinajstić information content (AvgIpc) is 2.70. The Kier molecular flexibility index (Phi) is 1.22. The maximum atomic E-state index is 4.19. The molecule has 2 heteroatoms. The van der Waals surface area contributed by atoms with Crippen molar-refractivity contribution in [2.24, 2.45) is 0 Å². The Morgan fingerprint density at radius 1 is 1.00 bits per heavy atom. The molecule has 0 amide bonds. The summed E-state index contributed by atoms with van der Waals surface area (Å²) in [5.41, 5.74) is 5.16. The Bertz CT molecular complexity index is 370. The van der Waals surface area contributed by atoms with Crippen molar-refractivity contribution in [2.45, 2.75) is 32.1 Å². The first-order chi connectivity index (χ1) is 6.27. The van der Waals surface area contributed by atoms with Crippen LogP contribution in [0.15, 0.2) is 12.2 Å². The SMILES string of the molecule is Cc1nnc(C)c2c1C1C=CC2C1. The minimum Gasteiger partial charge on any atom is -0.155 e. The van der Waals surface area contributed by atoms with E-state index >= 15 is 0 Å². The van der Waals surface area contributed by atoms with Crippen molar-refractivity contribution in [1.29, 1.82) is 0 Å². The molecule has 1 heterocycles. The molecule has 2 unspecified atom stereocenters. The summed E-state index contributed by atoms with van der Waals surface area (Å²) in [6, 6.07) is 0. The molecule has 2 aliphatic rings. The Balaban J connectivity index is 2.33. The van der Waals surface area contributed by atoms with Crippen molar-refractivity contribution < 1.29 is 0 Å². The summed E-state index contributed by atoms with van der Waals surface area (Å²) >= 11 is 0. The van der Waals surface area contributed by atoms with E-state index in [0.717, 1.165) is 11.4 Å². The molecule has 2 atom stereocenters. The maximum Gasteiger partial charge on any atom is 0.0641 e. The van der Waals surface area contributed by atoms with Gasteiger partial charge in [-0.05, 0) is 31.4 Å². The number of allylic oxidation sites excluding steroid dienone is 2. The van der Waals surface area contributed by atoms with Crippen molar-refractivity contribution in [1.82, 2.24) is 10.2 Å². The van der Waals surface area contributed by atoms with E-state index < -0.39 is 0 Å². The Labute approximate surface area is 77.7 Å². The van der Waals surface area contributed by atoms with E-state index in [4.69, 9.17) is 0 Å². The van der Waals surface area contributed by atoms with E-state index in [1.165, 1.54) is 17.5 Å². The summed E-state index contributed by atoms with van der Waals surface area (Å²) in [5, 5.41) is 8.37. The van der Waals surface area contributed by atoms with Crippen LogP contribution in [-0.4, -0.2) is 10.2 Å². The van der Waals surface area contributed by atoms with Gasteiger partial charge in [-0.15, -0.1) is 0 Å². The fourth-order valence-corrected chi connectivity index (χ4v) is 2.71. The minimum absolute atomic E-state index is 0.634. The highest BCUT2D eigenvalue weighted by Gasteiger charge is 2.35. The van der Waals surface area contributed by atoms with Gasteiger partial charge in [0.05, 0.1) is 11.4 Å². The van der Waals surface area contributed by atoms with Crippen LogP contribution in [0, 0.1) is 13.8 Å². The fraction of sp³-hybridized carbons (Fsp3) is 0.455. The number of hydrogen-bond acceptors (Lipinski definition) is 2. The fourth-order valence-electron chi connectivity index (χ4n) is 2.71. The van der Waals surface area contributed by atoms with Crippen molar-refractivity contribution in [2.75, 3.05) is 0 Å². The molecule has 3 rings (SSSR count). The summed E-state index contributed by atoms with van der Waals surface area (Å²) in [5.74, 6) is 1.27. The number of nitrogens with zero attached hydrogens (tertiary/aromatic N) is 2. The molecule has 2 aliphatic carbocycles. The van der Waals surface area contributed by atoms with Gasteiger partial charge in [-0.2, -0.15) is 10.2 Å². The zero-order valence-corrected chi connectivity index (χ0v) is 7.91. The van der Waals surface area contributed by atoms with Crippen molar-refractivity contribution in [3.8, 4) is 0 Å². The van der Waals surface area contributed by atoms with E-state index in [1.807, 2.05) is 0 Å². The van der Waals surface area contributed by atoms with Gasteiger partial charge in [0.15, 0.2) is 0 Å². The average molecular weight is 172 g/mol. The predicted molar refractivity (Wildman–Crippen MR) is 50.7 cm³/mol. The van der Waals surface area contributed by atoms with Crippen LogP contribution in [0.3, 0.4) is 0 Å². The highest BCUT2D eigenvalue weighted by molar-refractivity contribution is 5.50. The lowest BCUT2D eigenvalue weighted by molar-refractivity contribution is 0.800. The molecule has 0 radical (unpaired) electrons. The highest BCUT2D eigenvalue weighted by atomic mass is 15.1. The molecule has 0 saturated carbocycles. The molecule has 0 aliphatic heterocycles. The topological polar surface area (TPSA) is 25.8 Å². The lowest BCUT2D eigenvalue weighted by Crippen LogP contribution is -2.04. The molecule has 0 fully saturated rings. The van der Waals surface area contributed by atoms with E-state index in [1.54, 1.807) is 0 Å². The van der Waals surface area contributed by atoms with Crippen LogP contribution in [0.5, 0.6) is 0 Å². The number of rotatable bonds is 0. The van der Waals surface area contributed by atoms with Gasteiger partial charge in [-0.3, -0.25) is 0 Å². The monoisotopic (exact) mass is 172 g/mol. The van der Waals surface area contributed by atoms with E-state index in [0.29, 0.717) is 11.8 Å². The van der Waals surface area contributed by atoms with Gasteiger partial charge in [-0.25, -0.2) is 0 Å². The molecular formula is C11H12N2. The van der Waals surface area contributed by atoms with Crippen molar-refractivity contribution in [3.05, 3.63) is 34.7 Å². The minimum atomic E-state index is 0.634. The van der Waals surface area contributed by atoms with E-state index in [9.17, 15) is 0 Å². The second-order valence-electron chi connectivity index (χ2n) is 4.03. The van der Waals surface area contributed by atoms with Crippen LogP contribution in [0.4, 0.5) is 0 Å². The number of aromatic nitrogens is 2. The molecule has 0 N–H and O–H groups in total. The third kappa shape index (κ3) is 0.781. The summed E-state index contributed by atoms with van der Waals surface area (Å²) in [6.07, 6.45) is 5.90. The molecule has 2 nitrogen and oxygen atoms in total. The third-order valence-electron chi connectivity index (χ3n) is 3.24. The van der Waals surface area contributed by atoms with Gasteiger partial charge < -0.3 is 0 Å². The summed E-state index contributed by atoms with van der Waals surface area (Å²) in [6.45, 7) is 4.14. The van der Waals surface area contributed by atoms with Crippen LogP contribution >= 0.6 is 0 Å². The molecule has 1 aromatic heterocycles. The van der Waals surface area contributed by atoms with E-state index in [-0.39, 0.29) is 0 Å². The standard InChI is InChI=1S/C11H12N2/c1-6-10-8-3-4-9(5-8)11(10)7(2)13-12-6/h3-4,8-9H,5H2,1-2H3. The third-order valence-corrected chi connectivity index (χ3v) is 3.24. The number of fused-ring (bicyclic) bond motifs is 5. The summed E-state index contributed by atoms with van der Waals surface area (Å²) in [7, 11) is 0. The van der Waals surface area contributed by atoms with Gasteiger partial charge in [-0.1, -0.05) is 12.2 Å². The van der Waals surface area contributed by atoms with Crippen LogP contribution in [0.25, 0.3) is 0 Å². The Morgan fingerprint density at radius 3 is 1.92 bits per heavy atom. The van der Waals surface area contributed by atoms with E-state index in [2.05, 4.69) is 36.2 Å². The van der Waals surface area contributed by atoms with Gasteiger partial charge in [0, 0.05) is 11.8 Å². The van der Waals surface area contributed by atoms with Crippen molar-refractivity contribution >= 4 is 0 Å². The van der Waals surface area contributed by atoms with Crippen LogP contribution in [-0.2, 0) is 0 Å². The smallest absolute Gasteiger partial charge is 0.0641 e. The zero-order chi connectivity index (χ0) is 9.00. The summed E-state index contributed by atoms with van der Waals surface area (Å²) < 4.78 is 0. The second kappa shape index (κ2) is 2.19. The molecular weight excluding hydrogens is 160 g/mol. The maximum absolute atomic E-state index is 4.19. The van der Waals surface area contributed by atoms with Gasteiger partial charge in [0.2, 0.25) is 0 Å². The number of hydrogen-bond donors (Lipinski definition) is 0. The Morgan fingerprint density at radius 2 is 1.46 bits per heavy atom.